The molecule has 4 heteroatoms. The molecule has 0 bridgehead atoms. The molecule has 0 radical (unpaired) electrons. The van der Waals surface area contributed by atoms with Gasteiger partial charge in [-0.2, -0.15) is 0 Å². The minimum atomic E-state index is 0.655. The van der Waals surface area contributed by atoms with E-state index < -0.39 is 0 Å². The number of halogens is 1. The predicted molar refractivity (Wildman–Crippen MR) is 94.8 cm³/mol. The fourth-order valence-corrected chi connectivity index (χ4v) is 2.30. The lowest BCUT2D eigenvalue weighted by Gasteiger charge is -2.11. The molecule has 1 aromatic heterocycles. The highest BCUT2D eigenvalue weighted by Gasteiger charge is 2.05. The van der Waals surface area contributed by atoms with Gasteiger partial charge in [0.2, 0.25) is 5.88 Å². The van der Waals surface area contributed by atoms with E-state index in [1.165, 1.54) is 9.13 Å². The van der Waals surface area contributed by atoms with Crippen LogP contribution in [0.15, 0.2) is 36.5 Å². The number of pyridine rings is 1. The molecule has 0 unspecified atom stereocenters. The molecule has 0 aliphatic carbocycles. The number of nitrogens with one attached hydrogen (secondary N) is 1. The molecule has 0 saturated carbocycles. The van der Waals surface area contributed by atoms with E-state index in [9.17, 15) is 0 Å². The van der Waals surface area contributed by atoms with E-state index in [4.69, 9.17) is 4.74 Å². The molecule has 0 fully saturated rings. The smallest absolute Gasteiger partial charge is 0.222 e. The maximum atomic E-state index is 5.83. The van der Waals surface area contributed by atoms with Crippen molar-refractivity contribution in [2.45, 2.75) is 27.3 Å². The summed E-state index contributed by atoms with van der Waals surface area (Å²) in [6, 6.07) is 10.1. The van der Waals surface area contributed by atoms with Crippen LogP contribution in [0.25, 0.3) is 0 Å². The summed E-state index contributed by atoms with van der Waals surface area (Å²) >= 11 is 2.28. The number of aromatic nitrogens is 1. The van der Waals surface area contributed by atoms with Gasteiger partial charge in [0, 0.05) is 21.9 Å². The fourth-order valence-electron chi connectivity index (χ4n) is 1.94. The van der Waals surface area contributed by atoms with Gasteiger partial charge in [0.25, 0.3) is 0 Å². The van der Waals surface area contributed by atoms with Crippen molar-refractivity contribution < 1.29 is 4.74 Å². The summed E-state index contributed by atoms with van der Waals surface area (Å²) in [6.07, 6.45) is 1.88. The van der Waals surface area contributed by atoms with Crippen molar-refractivity contribution >= 4 is 22.6 Å². The Labute approximate surface area is 140 Å². The first-order valence-electron chi connectivity index (χ1n) is 7.14. The molecule has 2 rings (SSSR count). The molecule has 112 valence electrons. The number of aryl methyl sites for hydroxylation is 1. The second kappa shape index (κ2) is 7.75. The Morgan fingerprint density at radius 3 is 2.57 bits per heavy atom. The summed E-state index contributed by atoms with van der Waals surface area (Å²) in [7, 11) is 0. The van der Waals surface area contributed by atoms with Crippen molar-refractivity contribution in [3.05, 3.63) is 51.2 Å². The Hall–Kier alpha value is -1.14. The second-order valence-corrected chi connectivity index (χ2v) is 6.79. The number of hydrogen-bond acceptors (Lipinski definition) is 3. The lowest BCUT2D eigenvalue weighted by molar-refractivity contribution is 0.458. The van der Waals surface area contributed by atoms with Crippen LogP contribution >= 0.6 is 22.6 Å². The average Bonchev–Trinajstić information content (AvgIpc) is 2.44. The predicted octanol–water partition coefficient (Wildman–Crippen LogP) is 4.53. The van der Waals surface area contributed by atoms with Gasteiger partial charge >= 0.3 is 0 Å². The van der Waals surface area contributed by atoms with Crippen LogP contribution in [-0.4, -0.2) is 11.5 Å². The van der Waals surface area contributed by atoms with E-state index in [0.717, 1.165) is 24.4 Å². The molecular weight excluding hydrogens is 375 g/mol. The molecular formula is C17H21IN2O. The molecule has 0 amide bonds. The Morgan fingerprint density at radius 1 is 1.24 bits per heavy atom. The van der Waals surface area contributed by atoms with Crippen LogP contribution in [-0.2, 0) is 6.54 Å². The van der Waals surface area contributed by atoms with Crippen molar-refractivity contribution in [2.75, 3.05) is 6.54 Å². The third-order valence-corrected chi connectivity index (χ3v) is 3.72. The quantitative estimate of drug-likeness (QED) is 0.729. The Morgan fingerprint density at radius 2 is 1.95 bits per heavy atom. The van der Waals surface area contributed by atoms with Crippen LogP contribution in [0.1, 0.15) is 25.0 Å². The standard InChI is InChI=1S/C17H21IN2O/c1-12(2)9-19-10-14-8-13(3)17(20-11-14)21-16-6-4-15(18)5-7-16/h4-8,11-12,19H,9-10H2,1-3H3. The summed E-state index contributed by atoms with van der Waals surface area (Å²) in [6.45, 7) is 8.29. The number of rotatable bonds is 6. The Balaban J connectivity index is 2.00. The molecule has 2 aromatic rings. The van der Waals surface area contributed by atoms with E-state index in [1.807, 2.05) is 37.4 Å². The van der Waals surface area contributed by atoms with E-state index in [-0.39, 0.29) is 0 Å². The van der Waals surface area contributed by atoms with Crippen molar-refractivity contribution in [3.63, 3.8) is 0 Å². The maximum absolute atomic E-state index is 5.83. The highest BCUT2D eigenvalue weighted by atomic mass is 127. The van der Waals surface area contributed by atoms with Crippen LogP contribution in [0.4, 0.5) is 0 Å². The summed E-state index contributed by atoms with van der Waals surface area (Å²) in [5.74, 6) is 2.14. The topological polar surface area (TPSA) is 34.2 Å². The van der Waals surface area contributed by atoms with Crippen LogP contribution in [0.5, 0.6) is 11.6 Å². The number of ether oxygens (including phenoxy) is 1. The van der Waals surface area contributed by atoms with E-state index in [0.29, 0.717) is 11.8 Å². The first-order chi connectivity index (χ1) is 10.0. The highest BCUT2D eigenvalue weighted by molar-refractivity contribution is 14.1. The van der Waals surface area contributed by atoms with Gasteiger partial charge in [-0.3, -0.25) is 0 Å². The number of hydrogen-bond donors (Lipinski definition) is 1. The zero-order valence-electron chi connectivity index (χ0n) is 12.7. The normalized spacial score (nSPS) is 10.9. The van der Waals surface area contributed by atoms with Gasteiger partial charge in [-0.05, 0) is 77.9 Å². The zero-order valence-corrected chi connectivity index (χ0v) is 14.8. The molecule has 0 spiro atoms. The van der Waals surface area contributed by atoms with Crippen LogP contribution in [0, 0.1) is 16.4 Å². The van der Waals surface area contributed by atoms with Gasteiger partial charge in [0.1, 0.15) is 5.75 Å². The molecule has 21 heavy (non-hydrogen) atoms. The monoisotopic (exact) mass is 396 g/mol. The Bertz CT molecular complexity index is 582. The molecule has 1 aromatic carbocycles. The van der Waals surface area contributed by atoms with E-state index in [2.05, 4.69) is 52.8 Å². The lowest BCUT2D eigenvalue weighted by atomic mass is 10.2. The average molecular weight is 396 g/mol. The third-order valence-electron chi connectivity index (χ3n) is 3.00. The van der Waals surface area contributed by atoms with Crippen LogP contribution in [0.3, 0.4) is 0 Å². The van der Waals surface area contributed by atoms with Gasteiger partial charge < -0.3 is 10.1 Å². The first-order valence-corrected chi connectivity index (χ1v) is 8.22. The summed E-state index contributed by atoms with van der Waals surface area (Å²) in [5, 5.41) is 3.42. The summed E-state index contributed by atoms with van der Waals surface area (Å²) < 4.78 is 7.02. The molecule has 1 heterocycles. The zero-order chi connectivity index (χ0) is 15.2. The minimum absolute atomic E-state index is 0.655. The van der Waals surface area contributed by atoms with Gasteiger partial charge in [-0.15, -0.1) is 0 Å². The van der Waals surface area contributed by atoms with Gasteiger partial charge in [-0.1, -0.05) is 13.8 Å². The van der Waals surface area contributed by atoms with Crippen molar-refractivity contribution in [2.24, 2.45) is 5.92 Å². The fraction of sp³-hybridized carbons (Fsp3) is 0.353. The van der Waals surface area contributed by atoms with Crippen molar-refractivity contribution in [1.29, 1.82) is 0 Å². The largest absolute Gasteiger partial charge is 0.439 e. The summed E-state index contributed by atoms with van der Waals surface area (Å²) in [5.41, 5.74) is 2.24. The minimum Gasteiger partial charge on any atom is -0.439 e. The Kier molecular flexibility index (Phi) is 5.99. The lowest BCUT2D eigenvalue weighted by Crippen LogP contribution is -2.19. The van der Waals surface area contributed by atoms with Crippen molar-refractivity contribution in [1.82, 2.24) is 10.3 Å². The van der Waals surface area contributed by atoms with E-state index >= 15 is 0 Å². The SMILES string of the molecule is Cc1cc(CNCC(C)C)cnc1Oc1ccc(I)cc1. The van der Waals surface area contributed by atoms with Crippen LogP contribution in [0.2, 0.25) is 0 Å². The molecule has 0 saturated heterocycles. The highest BCUT2D eigenvalue weighted by Crippen LogP contribution is 2.23. The number of nitrogens with zero attached hydrogens (tertiary/aromatic N) is 1. The van der Waals surface area contributed by atoms with E-state index in [1.54, 1.807) is 0 Å². The van der Waals surface area contributed by atoms with Gasteiger partial charge in [0.15, 0.2) is 0 Å². The molecule has 0 aliphatic rings. The van der Waals surface area contributed by atoms with Gasteiger partial charge in [-0.25, -0.2) is 4.98 Å². The second-order valence-electron chi connectivity index (χ2n) is 5.55. The number of benzene rings is 1. The van der Waals surface area contributed by atoms with Crippen molar-refractivity contribution in [3.8, 4) is 11.6 Å². The van der Waals surface area contributed by atoms with Gasteiger partial charge in [0.05, 0.1) is 0 Å². The van der Waals surface area contributed by atoms with Crippen LogP contribution < -0.4 is 10.1 Å². The molecule has 1 N–H and O–H groups in total. The molecule has 0 aliphatic heterocycles. The first kappa shape index (κ1) is 16.2. The summed E-state index contributed by atoms with van der Waals surface area (Å²) in [4.78, 5) is 4.43. The molecule has 0 atom stereocenters. The third kappa shape index (κ3) is 5.28. The molecule has 3 nitrogen and oxygen atoms in total. The maximum Gasteiger partial charge on any atom is 0.222 e.